The summed E-state index contributed by atoms with van der Waals surface area (Å²) in [6, 6.07) is 7.32. The molecule has 5 heteroatoms. The molecule has 5 nitrogen and oxygen atoms in total. The van der Waals surface area contributed by atoms with E-state index in [0.29, 0.717) is 6.54 Å². The van der Waals surface area contributed by atoms with E-state index in [9.17, 15) is 9.90 Å². The monoisotopic (exact) mass is 313 g/mol. The van der Waals surface area contributed by atoms with Crippen LogP contribution in [0, 0.1) is 5.92 Å². The van der Waals surface area contributed by atoms with E-state index in [2.05, 4.69) is 16.8 Å². The van der Waals surface area contributed by atoms with Crippen LogP contribution in [0.5, 0.6) is 5.75 Å². The summed E-state index contributed by atoms with van der Waals surface area (Å²) < 4.78 is 1.93. The summed E-state index contributed by atoms with van der Waals surface area (Å²) >= 11 is 0. The molecule has 1 aliphatic heterocycles. The van der Waals surface area contributed by atoms with E-state index < -0.39 is 0 Å². The van der Waals surface area contributed by atoms with Crippen molar-refractivity contribution in [1.82, 2.24) is 14.5 Å². The molecule has 2 aromatic heterocycles. The fourth-order valence-electron chi connectivity index (χ4n) is 3.00. The third-order valence-electron chi connectivity index (χ3n) is 4.52. The Labute approximate surface area is 136 Å². The van der Waals surface area contributed by atoms with Crippen LogP contribution in [-0.2, 0) is 13.1 Å². The van der Waals surface area contributed by atoms with Gasteiger partial charge in [0.15, 0.2) is 5.75 Å². The zero-order chi connectivity index (χ0) is 16.2. The van der Waals surface area contributed by atoms with Gasteiger partial charge in [-0.15, -0.1) is 0 Å². The lowest BCUT2D eigenvalue weighted by molar-refractivity contribution is 0.181. The molecule has 1 aliphatic rings. The Balaban J connectivity index is 1.83. The number of rotatable bonds is 4. The number of aromatic nitrogens is 2. The summed E-state index contributed by atoms with van der Waals surface area (Å²) in [5, 5.41) is 9.78. The molecule has 0 bridgehead atoms. The lowest BCUT2D eigenvalue weighted by atomic mass is 9.99. The molecular formula is C18H23N3O2. The zero-order valence-corrected chi connectivity index (χ0v) is 13.5. The van der Waals surface area contributed by atoms with Crippen LogP contribution in [0.25, 0.3) is 0 Å². The minimum absolute atomic E-state index is 0.211. The van der Waals surface area contributed by atoms with Crippen LogP contribution in [-0.4, -0.2) is 32.6 Å². The Morgan fingerprint density at radius 2 is 2.04 bits per heavy atom. The Hall–Kier alpha value is -2.14. The van der Waals surface area contributed by atoms with Crippen LogP contribution in [0.3, 0.4) is 0 Å². The predicted molar refractivity (Wildman–Crippen MR) is 89.4 cm³/mol. The van der Waals surface area contributed by atoms with Crippen LogP contribution in [0.15, 0.2) is 41.5 Å². The van der Waals surface area contributed by atoms with Crippen molar-refractivity contribution in [3.05, 3.63) is 58.3 Å². The van der Waals surface area contributed by atoms with Gasteiger partial charge in [-0.3, -0.25) is 14.7 Å². The quantitative estimate of drug-likeness (QED) is 0.940. The van der Waals surface area contributed by atoms with E-state index in [0.717, 1.165) is 36.9 Å². The van der Waals surface area contributed by atoms with Crippen molar-refractivity contribution in [3.8, 4) is 5.75 Å². The van der Waals surface area contributed by atoms with Crippen LogP contribution in [0.4, 0.5) is 0 Å². The van der Waals surface area contributed by atoms with Crippen molar-refractivity contribution in [3.63, 3.8) is 0 Å². The first-order valence-corrected chi connectivity index (χ1v) is 8.16. The van der Waals surface area contributed by atoms with E-state index in [-0.39, 0.29) is 11.2 Å². The van der Waals surface area contributed by atoms with Gasteiger partial charge in [-0.05, 0) is 44.0 Å². The molecule has 0 saturated carbocycles. The Bertz CT molecular complexity index is 704. The summed E-state index contributed by atoms with van der Waals surface area (Å²) in [5.41, 5.74) is 1.51. The normalized spacial score (nSPS) is 16.6. The first-order chi connectivity index (χ1) is 11.1. The summed E-state index contributed by atoms with van der Waals surface area (Å²) in [7, 11) is 0. The smallest absolute Gasteiger partial charge is 0.223 e. The number of aromatic hydroxyl groups is 1. The Morgan fingerprint density at radius 1 is 1.26 bits per heavy atom. The minimum Gasteiger partial charge on any atom is -0.503 e. The van der Waals surface area contributed by atoms with E-state index in [1.54, 1.807) is 12.3 Å². The number of hydrogen-bond acceptors (Lipinski definition) is 4. The maximum absolute atomic E-state index is 11.8. The third-order valence-corrected chi connectivity index (χ3v) is 4.52. The maximum Gasteiger partial charge on any atom is 0.223 e. The highest BCUT2D eigenvalue weighted by Gasteiger charge is 2.17. The van der Waals surface area contributed by atoms with E-state index >= 15 is 0 Å². The van der Waals surface area contributed by atoms with Gasteiger partial charge in [-0.25, -0.2) is 0 Å². The second-order valence-corrected chi connectivity index (χ2v) is 6.42. The number of pyridine rings is 2. The first kappa shape index (κ1) is 15.7. The van der Waals surface area contributed by atoms with Gasteiger partial charge in [0.1, 0.15) is 0 Å². The molecule has 2 aromatic rings. The summed E-state index contributed by atoms with van der Waals surface area (Å²) in [5.74, 6) is 0.568. The van der Waals surface area contributed by atoms with Crippen molar-refractivity contribution >= 4 is 0 Å². The number of nitrogens with zero attached hydrogens (tertiary/aromatic N) is 3. The van der Waals surface area contributed by atoms with Crippen molar-refractivity contribution < 1.29 is 5.11 Å². The Morgan fingerprint density at radius 3 is 2.74 bits per heavy atom. The molecule has 0 amide bonds. The maximum atomic E-state index is 11.8. The van der Waals surface area contributed by atoms with E-state index in [1.807, 2.05) is 22.8 Å². The highest BCUT2D eigenvalue weighted by Crippen LogP contribution is 2.18. The molecule has 0 radical (unpaired) electrons. The highest BCUT2D eigenvalue weighted by molar-refractivity contribution is 5.21. The average molecular weight is 313 g/mol. The summed E-state index contributed by atoms with van der Waals surface area (Å²) in [4.78, 5) is 18.5. The van der Waals surface area contributed by atoms with Gasteiger partial charge < -0.3 is 9.67 Å². The molecule has 1 fully saturated rings. The lowest BCUT2D eigenvalue weighted by Gasteiger charge is -2.30. The topological polar surface area (TPSA) is 58.4 Å². The molecule has 23 heavy (non-hydrogen) atoms. The fourth-order valence-corrected chi connectivity index (χ4v) is 3.00. The van der Waals surface area contributed by atoms with Gasteiger partial charge in [-0.2, -0.15) is 0 Å². The number of likely N-dealkylation sites (tertiary alicyclic amines) is 1. The molecule has 1 N–H and O–H groups in total. The van der Waals surface area contributed by atoms with Gasteiger partial charge in [0.25, 0.3) is 0 Å². The Kier molecular flexibility index (Phi) is 4.76. The van der Waals surface area contributed by atoms with Crippen LogP contribution in [0.1, 0.15) is 31.2 Å². The molecular weight excluding hydrogens is 290 g/mol. The van der Waals surface area contributed by atoms with Crippen molar-refractivity contribution in [1.29, 1.82) is 0 Å². The largest absolute Gasteiger partial charge is 0.503 e. The molecule has 0 aromatic carbocycles. The van der Waals surface area contributed by atoms with Gasteiger partial charge >= 0.3 is 0 Å². The van der Waals surface area contributed by atoms with Crippen molar-refractivity contribution in [2.24, 2.45) is 5.92 Å². The summed E-state index contributed by atoms with van der Waals surface area (Å²) in [6.45, 7) is 5.68. The molecule has 0 aliphatic carbocycles. The van der Waals surface area contributed by atoms with Crippen LogP contribution < -0.4 is 5.43 Å². The lowest BCUT2D eigenvalue weighted by Crippen LogP contribution is -2.33. The fraction of sp³-hybridized carbons (Fsp3) is 0.444. The van der Waals surface area contributed by atoms with Crippen molar-refractivity contribution in [2.75, 3.05) is 13.1 Å². The average Bonchev–Trinajstić information content (AvgIpc) is 2.55. The van der Waals surface area contributed by atoms with Crippen LogP contribution >= 0.6 is 0 Å². The predicted octanol–water partition coefficient (Wildman–Crippen LogP) is 2.23. The van der Waals surface area contributed by atoms with Gasteiger partial charge in [0, 0.05) is 24.5 Å². The zero-order valence-electron chi connectivity index (χ0n) is 13.5. The molecule has 0 atom stereocenters. The van der Waals surface area contributed by atoms with E-state index in [1.165, 1.54) is 19.0 Å². The SMILES string of the molecule is CC1CCN(Cc2cc(=O)c(O)cn2Cc2ccccn2)CC1. The van der Waals surface area contributed by atoms with Gasteiger partial charge in [0.05, 0.1) is 18.4 Å². The number of piperidine rings is 1. The first-order valence-electron chi connectivity index (χ1n) is 8.16. The molecule has 3 heterocycles. The molecule has 3 rings (SSSR count). The standard InChI is InChI=1S/C18H23N3O2/c1-14-5-8-20(9-6-14)12-16-10-17(22)18(23)13-21(16)11-15-4-2-3-7-19-15/h2-4,7,10,13-14,23H,5-6,8-9,11-12H2,1H3. The third kappa shape index (κ3) is 3.99. The van der Waals surface area contributed by atoms with Crippen LogP contribution in [0.2, 0.25) is 0 Å². The van der Waals surface area contributed by atoms with E-state index in [4.69, 9.17) is 0 Å². The second-order valence-electron chi connectivity index (χ2n) is 6.42. The minimum atomic E-state index is -0.317. The second kappa shape index (κ2) is 6.96. The number of hydrogen-bond donors (Lipinski definition) is 1. The van der Waals surface area contributed by atoms with Gasteiger partial charge in [0.2, 0.25) is 5.43 Å². The van der Waals surface area contributed by atoms with Crippen molar-refractivity contribution in [2.45, 2.75) is 32.9 Å². The molecule has 1 saturated heterocycles. The molecule has 0 spiro atoms. The highest BCUT2D eigenvalue weighted by atomic mass is 16.3. The van der Waals surface area contributed by atoms with Gasteiger partial charge in [-0.1, -0.05) is 13.0 Å². The summed E-state index contributed by atoms with van der Waals surface area (Å²) in [6.07, 6.45) is 5.67. The molecule has 0 unspecified atom stereocenters. The molecule has 122 valence electrons.